The number of pyridine rings is 1. The Balaban J connectivity index is 0.00000757. The molecule has 0 saturated carbocycles. The Morgan fingerprint density at radius 3 is 1.63 bits per heavy atom. The van der Waals surface area contributed by atoms with Crippen molar-refractivity contribution in [2.24, 2.45) is 5.41 Å². The van der Waals surface area contributed by atoms with Gasteiger partial charge in [-0.05, 0) is 110 Å². The molecule has 1 aliphatic rings. The summed E-state index contributed by atoms with van der Waals surface area (Å²) >= 11 is 0. The number of nitrogens with zero attached hydrogens (tertiary/aromatic N) is 4. The van der Waals surface area contributed by atoms with Gasteiger partial charge in [-0.3, -0.25) is 0 Å². The molecule has 7 aromatic carbocycles. The van der Waals surface area contributed by atoms with Crippen molar-refractivity contribution in [1.29, 1.82) is 0 Å². The molecule has 0 aliphatic carbocycles. The molecule has 0 amide bonds. The van der Waals surface area contributed by atoms with Gasteiger partial charge in [0.25, 0.3) is 0 Å². The number of ether oxygens (including phenoxy) is 1. The quantitative estimate of drug-likeness (QED) is 0.108. The number of aromatic nitrogens is 2. The van der Waals surface area contributed by atoms with Gasteiger partial charge in [-0.25, -0.2) is 4.98 Å². The Morgan fingerprint density at radius 1 is 0.519 bits per heavy atom. The molecule has 79 heavy (non-hydrogen) atoms. The third-order valence-electron chi connectivity index (χ3n) is 16.3. The fourth-order valence-corrected chi connectivity index (χ4v) is 11.5. The first kappa shape index (κ1) is 57.0. The zero-order valence-electron chi connectivity index (χ0n) is 49.4. The molecule has 3 heterocycles. The second-order valence-corrected chi connectivity index (χ2v) is 25.7. The molecule has 410 valence electrons. The van der Waals surface area contributed by atoms with Crippen LogP contribution in [0.5, 0.6) is 11.5 Å². The van der Waals surface area contributed by atoms with Crippen molar-refractivity contribution < 1.29 is 25.8 Å². The summed E-state index contributed by atoms with van der Waals surface area (Å²) in [5.74, 6) is 2.87. The summed E-state index contributed by atoms with van der Waals surface area (Å²) in [7, 11) is 0. The Hall–Kier alpha value is -6.68. The van der Waals surface area contributed by atoms with Crippen molar-refractivity contribution in [2.75, 3.05) is 9.80 Å². The van der Waals surface area contributed by atoms with Gasteiger partial charge >= 0.3 is 0 Å². The molecule has 10 rings (SSSR count). The second-order valence-electron chi connectivity index (χ2n) is 25.7. The molecule has 0 radical (unpaired) electrons. The van der Waals surface area contributed by atoms with E-state index in [0.29, 0.717) is 11.5 Å². The summed E-state index contributed by atoms with van der Waals surface area (Å²) in [6.45, 7) is 39.0. The molecule has 9 aromatic rings. The maximum Gasteiger partial charge on any atom is 0.135 e. The minimum atomic E-state index is -0.280. The predicted octanol–water partition coefficient (Wildman–Crippen LogP) is 19.9. The van der Waals surface area contributed by atoms with Crippen molar-refractivity contribution in [2.45, 2.75) is 145 Å². The van der Waals surface area contributed by atoms with Crippen LogP contribution in [0.1, 0.15) is 173 Å². The van der Waals surface area contributed by atoms with E-state index in [2.05, 4.69) is 302 Å². The number of para-hydroxylation sites is 1. The number of benzene rings is 7. The number of anilines is 2. The Morgan fingerprint density at radius 2 is 1.08 bits per heavy atom. The standard InChI is InChI=1S/C73H79N4O.Pt/c1-47(2)60-31-25-32-61(48(3)4)68(60)50-36-57(42-58(37-50)78-59-43-63(49(5)6)69-62-30-23-24-33-64(62)77(65(69)44-59)67-41-53(34-35-74-67)70(7,8)9)76-46-75(45-66(76)71(10,11)12)56-39-54(72(13,14)51-26-19-17-20-27-51)38-55(40-56)73(15,16)52-28-21-18-22-29-52;/h17-41,43,45-49H,1-16H3;/q-3;. The van der Waals surface area contributed by atoms with E-state index in [9.17, 15) is 0 Å². The average Bonchev–Trinajstić information content (AvgIpc) is 4.26. The van der Waals surface area contributed by atoms with E-state index < -0.39 is 0 Å². The van der Waals surface area contributed by atoms with Gasteiger partial charge in [-0.1, -0.05) is 225 Å². The minimum Gasteiger partial charge on any atom is -0.509 e. The fraction of sp³-hybridized carbons (Fsp3) is 0.315. The van der Waals surface area contributed by atoms with Crippen LogP contribution in [0.15, 0.2) is 170 Å². The topological polar surface area (TPSA) is 33.5 Å². The van der Waals surface area contributed by atoms with Crippen LogP contribution in [0.25, 0.3) is 38.8 Å². The van der Waals surface area contributed by atoms with Gasteiger partial charge in [0.1, 0.15) is 5.82 Å². The van der Waals surface area contributed by atoms with Gasteiger partial charge in [-0.15, -0.1) is 53.8 Å². The Bertz CT molecular complexity index is 3600. The summed E-state index contributed by atoms with van der Waals surface area (Å²) in [4.78, 5) is 9.70. The number of hydrogen-bond donors (Lipinski definition) is 0. The van der Waals surface area contributed by atoms with E-state index in [1.165, 1.54) is 60.8 Å². The molecule has 0 atom stereocenters. The van der Waals surface area contributed by atoms with E-state index in [4.69, 9.17) is 9.72 Å². The van der Waals surface area contributed by atoms with E-state index >= 15 is 0 Å². The van der Waals surface area contributed by atoms with Crippen molar-refractivity contribution in [1.82, 2.24) is 9.55 Å². The van der Waals surface area contributed by atoms with Gasteiger partial charge in [-0.2, -0.15) is 0 Å². The van der Waals surface area contributed by atoms with Crippen LogP contribution >= 0.6 is 0 Å². The molecule has 0 unspecified atom stereocenters. The first-order valence-electron chi connectivity index (χ1n) is 28.2. The van der Waals surface area contributed by atoms with Gasteiger partial charge < -0.3 is 19.1 Å². The molecule has 0 fully saturated rings. The smallest absolute Gasteiger partial charge is 0.135 e. The summed E-state index contributed by atoms with van der Waals surface area (Å²) < 4.78 is 9.58. The molecule has 2 aromatic heterocycles. The molecule has 6 heteroatoms. The van der Waals surface area contributed by atoms with Gasteiger partial charge in [0.15, 0.2) is 0 Å². The van der Waals surface area contributed by atoms with Crippen LogP contribution in [-0.4, -0.2) is 9.55 Å². The van der Waals surface area contributed by atoms with Gasteiger partial charge in [0.05, 0.1) is 0 Å². The maximum atomic E-state index is 7.31. The van der Waals surface area contributed by atoms with Crippen molar-refractivity contribution in [3.63, 3.8) is 0 Å². The molecule has 1 aliphatic heterocycles. The van der Waals surface area contributed by atoms with Crippen LogP contribution < -0.4 is 14.5 Å². The number of hydrogen-bond acceptors (Lipinski definition) is 4. The molecule has 0 saturated heterocycles. The summed E-state index contributed by atoms with van der Waals surface area (Å²) in [5, 5.41) is 2.34. The van der Waals surface area contributed by atoms with Crippen molar-refractivity contribution >= 4 is 33.2 Å². The van der Waals surface area contributed by atoms with Gasteiger partial charge in [0, 0.05) is 71.9 Å². The summed E-state index contributed by atoms with van der Waals surface area (Å²) in [5.41, 5.74) is 16.7. The van der Waals surface area contributed by atoms with Crippen molar-refractivity contribution in [3.8, 4) is 28.4 Å². The first-order valence-corrected chi connectivity index (χ1v) is 28.2. The second kappa shape index (κ2) is 21.8. The number of fused-ring (bicyclic) bond motifs is 3. The molecular weight excluding hydrogens is 1140 g/mol. The zero-order chi connectivity index (χ0) is 55.6. The maximum absolute atomic E-state index is 7.31. The van der Waals surface area contributed by atoms with Crippen LogP contribution in [-0.2, 0) is 37.3 Å². The third-order valence-corrected chi connectivity index (χ3v) is 16.3. The van der Waals surface area contributed by atoms with E-state index in [-0.39, 0.29) is 60.5 Å². The number of allylic oxidation sites excluding steroid dienone is 1. The van der Waals surface area contributed by atoms with Crippen LogP contribution in [0, 0.1) is 24.2 Å². The normalized spacial score (nSPS) is 13.5. The van der Waals surface area contributed by atoms with Crippen LogP contribution in [0.2, 0.25) is 0 Å². The molecule has 5 nitrogen and oxygen atoms in total. The number of rotatable bonds is 13. The van der Waals surface area contributed by atoms with E-state index in [1.807, 2.05) is 6.20 Å². The summed E-state index contributed by atoms with van der Waals surface area (Å²) in [6, 6.07) is 63.3. The fourth-order valence-electron chi connectivity index (χ4n) is 11.5. The zero-order valence-corrected chi connectivity index (χ0v) is 51.7. The molecule has 0 bridgehead atoms. The predicted molar refractivity (Wildman–Crippen MR) is 330 cm³/mol. The minimum absolute atomic E-state index is 0. The van der Waals surface area contributed by atoms with Crippen LogP contribution in [0.3, 0.4) is 0 Å². The first-order chi connectivity index (χ1) is 36.9. The summed E-state index contributed by atoms with van der Waals surface area (Å²) in [6.07, 6.45) is 4.26. The molecular formula is C73H79N4OPt-3. The largest absolute Gasteiger partial charge is 0.509 e. The third kappa shape index (κ3) is 11.0. The average molecular weight is 1220 g/mol. The monoisotopic (exact) mass is 1220 g/mol. The van der Waals surface area contributed by atoms with Crippen LogP contribution in [0.4, 0.5) is 11.4 Å². The van der Waals surface area contributed by atoms with E-state index in [0.717, 1.165) is 39.5 Å². The molecule has 0 spiro atoms. The Labute approximate surface area is 487 Å². The van der Waals surface area contributed by atoms with E-state index in [1.54, 1.807) is 0 Å². The Kier molecular flexibility index (Phi) is 15.7. The molecule has 0 N–H and O–H groups in total. The SMILES string of the molecule is CC(C)c1cccc(C(C)C)c1-c1cc(Oc2[c-]c3c(c(C(C)C)c2)c2ccccc2n3-c2cc(C(C)(C)C)ccn2)[c-]c(N2[CH-]N(c3cc(C(C)(C)c4ccccc4)cc(C(C)(C)c4ccccc4)c3)C=C2C(C)(C)C)c1.[Pt]. The van der Waals surface area contributed by atoms with Crippen molar-refractivity contribution in [3.05, 3.63) is 233 Å². The van der Waals surface area contributed by atoms with Gasteiger partial charge in [0.2, 0.25) is 0 Å².